The van der Waals surface area contributed by atoms with E-state index in [-0.39, 0.29) is 6.04 Å². The maximum atomic E-state index is 6.47. The minimum absolute atomic E-state index is 0.266. The molecule has 4 aromatic rings. The highest BCUT2D eigenvalue weighted by atomic mass is 16.5. The van der Waals surface area contributed by atoms with Crippen LogP contribution in [0.1, 0.15) is 12.8 Å². The van der Waals surface area contributed by atoms with Crippen molar-refractivity contribution in [2.24, 2.45) is 0 Å². The predicted octanol–water partition coefficient (Wildman–Crippen LogP) is 3.31. The maximum Gasteiger partial charge on any atom is 0.182 e. The van der Waals surface area contributed by atoms with Crippen LogP contribution >= 0.6 is 0 Å². The second kappa shape index (κ2) is 8.51. The van der Waals surface area contributed by atoms with Crippen LogP contribution in [0.2, 0.25) is 0 Å². The van der Waals surface area contributed by atoms with E-state index in [0.29, 0.717) is 12.3 Å². The Morgan fingerprint density at radius 2 is 1.94 bits per heavy atom. The van der Waals surface area contributed by atoms with Crippen LogP contribution in [0, 0.1) is 0 Å². The highest BCUT2D eigenvalue weighted by Gasteiger charge is 2.28. The molecule has 2 aliphatic rings. The standard InChI is InChI=1S/C25H29N7O/c1-30-10-12-31(13-11-30)19-8-7-18-4-2-6-22(21(18)14-19)33-15-20-5-3-9-32(20)25-23-24(27-16-26-23)28-17-29-25/h2,4,6-8,14,16-17,20H,3,5,9-13,15H2,1H3,(H,26,27,28,29)/t20-/m1/s1. The molecule has 8 heteroatoms. The zero-order valence-electron chi connectivity index (χ0n) is 18.9. The van der Waals surface area contributed by atoms with Gasteiger partial charge in [-0.15, -0.1) is 0 Å². The van der Waals surface area contributed by atoms with Gasteiger partial charge in [0.2, 0.25) is 0 Å². The molecule has 8 nitrogen and oxygen atoms in total. The van der Waals surface area contributed by atoms with Crippen LogP contribution in [0.4, 0.5) is 11.5 Å². The van der Waals surface area contributed by atoms with Crippen LogP contribution in [-0.4, -0.2) is 77.3 Å². The van der Waals surface area contributed by atoms with Gasteiger partial charge in [-0.05, 0) is 43.5 Å². The van der Waals surface area contributed by atoms with Crippen molar-refractivity contribution in [1.29, 1.82) is 0 Å². The summed E-state index contributed by atoms with van der Waals surface area (Å²) in [7, 11) is 2.19. The number of fused-ring (bicyclic) bond motifs is 2. The number of aromatic amines is 1. The van der Waals surface area contributed by atoms with Crippen molar-refractivity contribution in [3.63, 3.8) is 0 Å². The zero-order valence-corrected chi connectivity index (χ0v) is 18.9. The average molecular weight is 444 g/mol. The van der Waals surface area contributed by atoms with Gasteiger partial charge in [0.25, 0.3) is 0 Å². The third-order valence-electron chi connectivity index (χ3n) is 6.98. The fourth-order valence-corrected chi connectivity index (χ4v) is 5.06. The lowest BCUT2D eigenvalue weighted by Gasteiger charge is -2.34. The van der Waals surface area contributed by atoms with E-state index in [1.807, 2.05) is 0 Å². The molecule has 33 heavy (non-hydrogen) atoms. The minimum Gasteiger partial charge on any atom is -0.491 e. The van der Waals surface area contributed by atoms with Gasteiger partial charge >= 0.3 is 0 Å². The Labute approximate surface area is 193 Å². The number of H-pyrrole nitrogens is 1. The van der Waals surface area contributed by atoms with Gasteiger partial charge in [-0.1, -0.05) is 18.2 Å². The molecule has 0 spiro atoms. The van der Waals surface area contributed by atoms with E-state index in [1.54, 1.807) is 12.7 Å². The molecule has 0 radical (unpaired) electrons. The minimum atomic E-state index is 0.266. The molecule has 0 bridgehead atoms. The number of benzene rings is 2. The lowest BCUT2D eigenvalue weighted by Crippen LogP contribution is -2.44. The highest BCUT2D eigenvalue weighted by Crippen LogP contribution is 2.32. The Morgan fingerprint density at radius 3 is 2.85 bits per heavy atom. The number of likely N-dealkylation sites (N-methyl/N-ethyl adjacent to an activating group) is 1. The number of nitrogens with zero attached hydrogens (tertiary/aromatic N) is 6. The van der Waals surface area contributed by atoms with Crippen molar-refractivity contribution in [2.45, 2.75) is 18.9 Å². The maximum absolute atomic E-state index is 6.47. The van der Waals surface area contributed by atoms with E-state index < -0.39 is 0 Å². The van der Waals surface area contributed by atoms with Crippen molar-refractivity contribution >= 4 is 33.4 Å². The topological polar surface area (TPSA) is 73.4 Å². The van der Waals surface area contributed by atoms with Gasteiger partial charge in [-0.25, -0.2) is 15.0 Å². The van der Waals surface area contributed by atoms with E-state index in [9.17, 15) is 0 Å². The van der Waals surface area contributed by atoms with Crippen LogP contribution in [0.25, 0.3) is 21.9 Å². The SMILES string of the molecule is CN1CCN(c2ccc3cccc(OC[C@H]4CCCN4c4ncnc5nc[nH]c45)c3c2)CC1. The van der Waals surface area contributed by atoms with Gasteiger partial charge in [-0.3, -0.25) is 0 Å². The summed E-state index contributed by atoms with van der Waals surface area (Å²) in [5.41, 5.74) is 2.88. The zero-order chi connectivity index (χ0) is 22.2. The second-order valence-corrected chi connectivity index (χ2v) is 9.05. The Balaban J connectivity index is 1.23. The first-order chi connectivity index (χ1) is 16.3. The van der Waals surface area contributed by atoms with Gasteiger partial charge in [-0.2, -0.15) is 0 Å². The molecule has 2 aromatic carbocycles. The number of aromatic nitrogens is 4. The van der Waals surface area contributed by atoms with Crippen molar-refractivity contribution in [3.05, 3.63) is 49.1 Å². The number of nitrogens with one attached hydrogen (secondary N) is 1. The molecule has 4 heterocycles. The normalized spacial score (nSPS) is 19.6. The summed E-state index contributed by atoms with van der Waals surface area (Å²) >= 11 is 0. The summed E-state index contributed by atoms with van der Waals surface area (Å²) in [4.78, 5) is 23.5. The molecule has 2 aliphatic heterocycles. The summed E-state index contributed by atoms with van der Waals surface area (Å²) in [6, 6.07) is 13.3. The monoisotopic (exact) mass is 443 g/mol. The quantitative estimate of drug-likeness (QED) is 0.507. The number of rotatable bonds is 5. The van der Waals surface area contributed by atoms with E-state index in [2.05, 4.69) is 78.1 Å². The molecule has 2 aromatic heterocycles. The Morgan fingerprint density at radius 1 is 1.03 bits per heavy atom. The van der Waals surface area contributed by atoms with Crippen LogP contribution in [-0.2, 0) is 0 Å². The van der Waals surface area contributed by atoms with Crippen molar-refractivity contribution in [1.82, 2.24) is 24.8 Å². The van der Waals surface area contributed by atoms with Crippen LogP contribution in [0.15, 0.2) is 49.1 Å². The number of ether oxygens (including phenoxy) is 1. The summed E-state index contributed by atoms with van der Waals surface area (Å²) in [6.45, 7) is 5.90. The number of hydrogen-bond donors (Lipinski definition) is 1. The molecule has 1 atom stereocenters. The molecular formula is C25H29N7O. The summed E-state index contributed by atoms with van der Waals surface area (Å²) in [5.74, 6) is 1.86. The van der Waals surface area contributed by atoms with Gasteiger partial charge in [0.05, 0.1) is 12.4 Å². The van der Waals surface area contributed by atoms with Crippen molar-refractivity contribution < 1.29 is 4.74 Å². The summed E-state index contributed by atoms with van der Waals surface area (Å²) < 4.78 is 6.47. The molecule has 1 N–H and O–H groups in total. The summed E-state index contributed by atoms with van der Waals surface area (Å²) in [6.07, 6.45) is 5.48. The largest absolute Gasteiger partial charge is 0.491 e. The van der Waals surface area contributed by atoms with Crippen LogP contribution < -0.4 is 14.5 Å². The third-order valence-corrected chi connectivity index (χ3v) is 6.98. The Bertz CT molecular complexity index is 1260. The highest BCUT2D eigenvalue weighted by molar-refractivity contribution is 5.91. The van der Waals surface area contributed by atoms with Crippen molar-refractivity contribution in [2.75, 3.05) is 56.2 Å². The van der Waals surface area contributed by atoms with E-state index in [1.165, 1.54) is 16.5 Å². The first kappa shape index (κ1) is 20.2. The summed E-state index contributed by atoms with van der Waals surface area (Å²) in [5, 5.41) is 2.39. The number of hydrogen-bond acceptors (Lipinski definition) is 7. The molecule has 0 saturated carbocycles. The molecule has 170 valence electrons. The molecule has 2 fully saturated rings. The number of anilines is 2. The first-order valence-electron chi connectivity index (χ1n) is 11.8. The first-order valence-corrected chi connectivity index (χ1v) is 11.8. The van der Waals surface area contributed by atoms with Crippen LogP contribution in [0.5, 0.6) is 5.75 Å². The van der Waals surface area contributed by atoms with E-state index >= 15 is 0 Å². The third kappa shape index (κ3) is 3.84. The molecule has 0 aliphatic carbocycles. The molecule has 6 rings (SSSR count). The smallest absolute Gasteiger partial charge is 0.182 e. The molecular weight excluding hydrogens is 414 g/mol. The van der Waals surface area contributed by atoms with Gasteiger partial charge in [0, 0.05) is 43.8 Å². The van der Waals surface area contributed by atoms with E-state index in [4.69, 9.17) is 4.74 Å². The molecule has 0 amide bonds. The lowest BCUT2D eigenvalue weighted by molar-refractivity contribution is 0.291. The fraction of sp³-hybridized carbons (Fsp3) is 0.400. The number of piperazine rings is 1. The Hall–Kier alpha value is -3.39. The predicted molar refractivity (Wildman–Crippen MR) is 131 cm³/mol. The van der Waals surface area contributed by atoms with Crippen LogP contribution in [0.3, 0.4) is 0 Å². The lowest BCUT2D eigenvalue weighted by atomic mass is 10.1. The average Bonchev–Trinajstić information content (AvgIpc) is 3.52. The second-order valence-electron chi connectivity index (χ2n) is 9.05. The number of imidazole rings is 1. The van der Waals surface area contributed by atoms with Gasteiger partial charge in [0.1, 0.15) is 24.2 Å². The van der Waals surface area contributed by atoms with Gasteiger partial charge in [0.15, 0.2) is 11.5 Å². The van der Waals surface area contributed by atoms with Gasteiger partial charge < -0.3 is 24.4 Å². The van der Waals surface area contributed by atoms with Crippen molar-refractivity contribution in [3.8, 4) is 5.75 Å². The molecule has 2 saturated heterocycles. The Kier molecular flexibility index (Phi) is 5.22. The molecule has 0 unspecified atom stereocenters. The fourth-order valence-electron chi connectivity index (χ4n) is 5.06. The van der Waals surface area contributed by atoms with E-state index in [0.717, 1.165) is 62.6 Å².